The third-order valence-corrected chi connectivity index (χ3v) is 4.72. The lowest BCUT2D eigenvalue weighted by molar-refractivity contribution is 0.581. The fourth-order valence-electron chi connectivity index (χ4n) is 1.60. The predicted octanol–water partition coefficient (Wildman–Crippen LogP) is 3.02. The molecule has 0 saturated heterocycles. The van der Waals surface area contributed by atoms with Crippen LogP contribution in [0.15, 0.2) is 52.1 Å². The fraction of sp³-hybridized carbons (Fsp3) is 0.154. The van der Waals surface area contributed by atoms with E-state index in [1.165, 1.54) is 18.5 Å². The van der Waals surface area contributed by atoms with Crippen molar-refractivity contribution >= 4 is 37.6 Å². The largest absolute Gasteiger partial charge is 0.262 e. The molecule has 1 aromatic carbocycles. The Bertz CT molecular complexity index is 690. The van der Waals surface area contributed by atoms with Gasteiger partial charge in [-0.25, -0.2) is 13.1 Å². The van der Waals surface area contributed by atoms with Crippen LogP contribution in [0.5, 0.6) is 0 Å². The summed E-state index contributed by atoms with van der Waals surface area (Å²) in [6.45, 7) is 0.316. The second kappa shape index (κ2) is 6.67. The van der Waals surface area contributed by atoms with E-state index in [0.717, 1.165) is 5.56 Å². The van der Waals surface area contributed by atoms with Gasteiger partial charge in [0.05, 0.1) is 0 Å². The first kappa shape index (κ1) is 15.4. The second-order valence-electron chi connectivity index (χ2n) is 4.11. The second-order valence-corrected chi connectivity index (χ2v) is 7.23. The maximum absolute atomic E-state index is 12.0. The molecule has 2 aromatic rings. The summed E-state index contributed by atoms with van der Waals surface area (Å²) in [5.41, 5.74) is 1.02. The zero-order chi connectivity index (χ0) is 14.6. The molecule has 1 heterocycles. The van der Waals surface area contributed by atoms with Crippen LogP contribution in [0, 0.1) is 0 Å². The quantitative estimate of drug-likeness (QED) is 0.874. The number of pyridine rings is 1. The first-order valence-electron chi connectivity index (χ1n) is 5.82. The average molecular weight is 376 g/mol. The molecule has 20 heavy (non-hydrogen) atoms. The van der Waals surface area contributed by atoms with Crippen LogP contribution in [0.1, 0.15) is 5.56 Å². The number of benzene rings is 1. The molecule has 2 rings (SSSR count). The third kappa shape index (κ3) is 4.28. The maximum atomic E-state index is 12.0. The maximum Gasteiger partial charge on any atom is 0.242 e. The number of nitrogens with one attached hydrogen (secondary N) is 1. The van der Waals surface area contributed by atoms with Crippen LogP contribution in [0.2, 0.25) is 5.02 Å². The summed E-state index contributed by atoms with van der Waals surface area (Å²) in [5, 5.41) is 0.662. The van der Waals surface area contributed by atoms with E-state index in [-0.39, 0.29) is 4.90 Å². The zero-order valence-electron chi connectivity index (χ0n) is 10.4. The minimum absolute atomic E-state index is 0.142. The van der Waals surface area contributed by atoms with E-state index in [1.54, 1.807) is 12.1 Å². The van der Waals surface area contributed by atoms with Gasteiger partial charge in [0.15, 0.2) is 0 Å². The van der Waals surface area contributed by atoms with Crippen molar-refractivity contribution in [1.82, 2.24) is 9.71 Å². The third-order valence-electron chi connectivity index (χ3n) is 2.61. The van der Waals surface area contributed by atoms with Crippen LogP contribution < -0.4 is 4.72 Å². The summed E-state index contributed by atoms with van der Waals surface area (Å²) in [5.74, 6) is 0. The van der Waals surface area contributed by atoms with Gasteiger partial charge in [0.1, 0.15) is 4.90 Å². The zero-order valence-corrected chi connectivity index (χ0v) is 13.5. The molecule has 0 unspecified atom stereocenters. The van der Waals surface area contributed by atoms with Gasteiger partial charge in [0, 0.05) is 28.4 Å². The average Bonchev–Trinajstić information content (AvgIpc) is 2.41. The number of sulfonamides is 1. The Morgan fingerprint density at radius 2 is 1.90 bits per heavy atom. The molecular formula is C13H12BrClN2O2S. The minimum Gasteiger partial charge on any atom is -0.262 e. The highest BCUT2D eigenvalue weighted by atomic mass is 79.9. The Morgan fingerprint density at radius 3 is 2.55 bits per heavy atom. The molecule has 0 spiro atoms. The lowest BCUT2D eigenvalue weighted by atomic mass is 10.2. The lowest BCUT2D eigenvalue weighted by Gasteiger charge is -2.07. The molecule has 0 aliphatic rings. The molecule has 0 saturated carbocycles. The van der Waals surface area contributed by atoms with Crippen molar-refractivity contribution in [3.05, 3.63) is 57.8 Å². The van der Waals surface area contributed by atoms with E-state index in [1.807, 2.05) is 12.1 Å². The molecule has 0 aliphatic heterocycles. The fourth-order valence-corrected chi connectivity index (χ4v) is 3.27. The van der Waals surface area contributed by atoms with E-state index in [4.69, 9.17) is 11.6 Å². The molecule has 1 N–H and O–H groups in total. The molecule has 106 valence electrons. The van der Waals surface area contributed by atoms with Crippen molar-refractivity contribution in [2.24, 2.45) is 0 Å². The first-order chi connectivity index (χ1) is 9.47. The van der Waals surface area contributed by atoms with Crippen molar-refractivity contribution < 1.29 is 8.42 Å². The van der Waals surface area contributed by atoms with E-state index in [0.29, 0.717) is 22.5 Å². The Labute approximate surface area is 131 Å². The van der Waals surface area contributed by atoms with Crippen LogP contribution >= 0.6 is 27.5 Å². The summed E-state index contributed by atoms with van der Waals surface area (Å²) in [7, 11) is -3.53. The van der Waals surface area contributed by atoms with E-state index in [2.05, 4.69) is 25.6 Å². The summed E-state index contributed by atoms with van der Waals surface area (Å²) >= 11 is 8.99. The summed E-state index contributed by atoms with van der Waals surface area (Å²) < 4.78 is 27.2. The monoisotopic (exact) mass is 374 g/mol. The normalized spacial score (nSPS) is 11.5. The van der Waals surface area contributed by atoms with E-state index >= 15 is 0 Å². The van der Waals surface area contributed by atoms with Crippen molar-refractivity contribution in [2.45, 2.75) is 11.3 Å². The highest BCUT2D eigenvalue weighted by Crippen LogP contribution is 2.14. The number of halogens is 2. The van der Waals surface area contributed by atoms with Gasteiger partial charge in [-0.3, -0.25) is 4.98 Å². The van der Waals surface area contributed by atoms with Gasteiger partial charge in [-0.15, -0.1) is 0 Å². The van der Waals surface area contributed by atoms with Gasteiger partial charge in [-0.05, 0) is 46.1 Å². The summed E-state index contributed by atoms with van der Waals surface area (Å²) in [6, 6.07) is 8.82. The van der Waals surface area contributed by atoms with Crippen molar-refractivity contribution in [3.8, 4) is 0 Å². The van der Waals surface area contributed by atoms with Crippen LogP contribution in [-0.4, -0.2) is 19.9 Å². The molecule has 1 aromatic heterocycles. The van der Waals surface area contributed by atoms with Gasteiger partial charge in [0.25, 0.3) is 0 Å². The highest BCUT2D eigenvalue weighted by molar-refractivity contribution is 9.10. The first-order valence-corrected chi connectivity index (χ1v) is 8.47. The number of aromatic nitrogens is 1. The highest BCUT2D eigenvalue weighted by Gasteiger charge is 2.13. The smallest absolute Gasteiger partial charge is 0.242 e. The van der Waals surface area contributed by atoms with E-state index < -0.39 is 10.0 Å². The van der Waals surface area contributed by atoms with Gasteiger partial charge in [0.2, 0.25) is 10.0 Å². The molecule has 0 radical (unpaired) electrons. The number of hydrogen-bond acceptors (Lipinski definition) is 3. The standard InChI is InChI=1S/C13H12BrClN2O2S/c14-11-7-13(9-16-8-11)20(18,19)17-6-5-10-1-3-12(15)4-2-10/h1-4,7-9,17H,5-6H2. The Kier molecular flexibility index (Phi) is 5.15. The Morgan fingerprint density at radius 1 is 1.20 bits per heavy atom. The van der Waals surface area contributed by atoms with Crippen LogP contribution in [-0.2, 0) is 16.4 Å². The number of hydrogen-bond donors (Lipinski definition) is 1. The molecule has 4 nitrogen and oxygen atoms in total. The van der Waals surface area contributed by atoms with Crippen molar-refractivity contribution in [2.75, 3.05) is 6.54 Å². The van der Waals surface area contributed by atoms with Crippen molar-refractivity contribution in [1.29, 1.82) is 0 Å². The van der Waals surface area contributed by atoms with Gasteiger partial charge in [-0.2, -0.15) is 0 Å². The number of nitrogens with zero attached hydrogens (tertiary/aromatic N) is 1. The van der Waals surface area contributed by atoms with Crippen molar-refractivity contribution in [3.63, 3.8) is 0 Å². The van der Waals surface area contributed by atoms with Crippen LogP contribution in [0.25, 0.3) is 0 Å². The van der Waals surface area contributed by atoms with Crippen LogP contribution in [0.4, 0.5) is 0 Å². The topological polar surface area (TPSA) is 59.1 Å². The summed E-state index contributed by atoms with van der Waals surface area (Å²) in [4.78, 5) is 3.99. The lowest BCUT2D eigenvalue weighted by Crippen LogP contribution is -2.26. The molecule has 0 aliphatic carbocycles. The molecule has 7 heteroatoms. The van der Waals surface area contributed by atoms with Crippen LogP contribution in [0.3, 0.4) is 0 Å². The predicted molar refractivity (Wildman–Crippen MR) is 82.3 cm³/mol. The Balaban J connectivity index is 1.98. The molecule has 0 atom stereocenters. The molecule has 0 bridgehead atoms. The molecule has 0 fully saturated rings. The minimum atomic E-state index is -3.53. The van der Waals surface area contributed by atoms with Gasteiger partial charge in [-0.1, -0.05) is 23.7 Å². The molecular weight excluding hydrogens is 364 g/mol. The van der Waals surface area contributed by atoms with Gasteiger partial charge < -0.3 is 0 Å². The van der Waals surface area contributed by atoms with Gasteiger partial charge >= 0.3 is 0 Å². The Hall–Kier alpha value is -0.950. The number of rotatable bonds is 5. The molecule has 0 amide bonds. The SMILES string of the molecule is O=S(=O)(NCCc1ccc(Cl)cc1)c1cncc(Br)c1. The summed E-state index contributed by atoms with van der Waals surface area (Å²) in [6.07, 6.45) is 3.44. The van der Waals surface area contributed by atoms with E-state index in [9.17, 15) is 8.42 Å².